The van der Waals surface area contributed by atoms with Gasteiger partial charge in [0.2, 0.25) is 0 Å². The molecule has 0 bridgehead atoms. The van der Waals surface area contributed by atoms with Gasteiger partial charge in [0, 0.05) is 57.4 Å². The molecule has 136 valence electrons. The van der Waals surface area contributed by atoms with Crippen molar-refractivity contribution in [2.45, 2.75) is 52.6 Å². The van der Waals surface area contributed by atoms with Crippen molar-refractivity contribution >= 4 is 0 Å². The fourth-order valence-corrected chi connectivity index (χ4v) is 4.07. The lowest BCUT2D eigenvalue weighted by Gasteiger charge is -2.47. The quantitative estimate of drug-likeness (QED) is 0.711. The normalized spacial score (nSPS) is 25.8. The largest absolute Gasteiger partial charge is 0.303 e. The van der Waals surface area contributed by atoms with Crippen LogP contribution >= 0.6 is 0 Å². The van der Waals surface area contributed by atoms with E-state index in [0.717, 1.165) is 5.92 Å². The van der Waals surface area contributed by atoms with Gasteiger partial charge in [-0.05, 0) is 60.2 Å². The molecule has 2 aliphatic rings. The third-order valence-electron chi connectivity index (χ3n) is 6.56. The Morgan fingerprint density at radius 1 is 1.04 bits per heavy atom. The van der Waals surface area contributed by atoms with Crippen LogP contribution in [0.25, 0.3) is 0 Å². The molecular formula is C19H40N4. The van der Waals surface area contributed by atoms with E-state index in [2.05, 4.69) is 61.3 Å². The Labute approximate surface area is 144 Å². The summed E-state index contributed by atoms with van der Waals surface area (Å²) in [5, 5.41) is 0. The molecule has 0 aromatic rings. The lowest BCUT2D eigenvalue weighted by atomic mass is 9.84. The predicted molar refractivity (Wildman–Crippen MR) is 100 cm³/mol. The van der Waals surface area contributed by atoms with Crippen molar-refractivity contribution in [3.63, 3.8) is 0 Å². The van der Waals surface area contributed by atoms with Crippen LogP contribution in [0.3, 0.4) is 0 Å². The van der Waals surface area contributed by atoms with Crippen molar-refractivity contribution in [2.75, 3.05) is 66.0 Å². The lowest BCUT2D eigenvalue weighted by Crippen LogP contribution is -2.57. The standard InChI is InChI=1S/C19H40N4/c1-7-21-12-14-23(15-13-21)19(4,5)18-8-9-22(16-18)11-10-20(6)17(2)3/h17-18H,7-16H2,1-6H3. The summed E-state index contributed by atoms with van der Waals surface area (Å²) < 4.78 is 0. The maximum absolute atomic E-state index is 2.76. The van der Waals surface area contributed by atoms with Crippen molar-refractivity contribution in [1.29, 1.82) is 0 Å². The summed E-state index contributed by atoms with van der Waals surface area (Å²) in [6, 6.07) is 0.653. The summed E-state index contributed by atoms with van der Waals surface area (Å²) in [4.78, 5) is 10.5. The van der Waals surface area contributed by atoms with Gasteiger partial charge in [-0.3, -0.25) is 4.90 Å². The zero-order valence-electron chi connectivity index (χ0n) is 16.5. The third-order valence-corrected chi connectivity index (χ3v) is 6.56. The smallest absolute Gasteiger partial charge is 0.0195 e. The molecule has 23 heavy (non-hydrogen) atoms. The number of piperazine rings is 1. The van der Waals surface area contributed by atoms with E-state index in [9.17, 15) is 0 Å². The van der Waals surface area contributed by atoms with Crippen LogP contribution in [-0.4, -0.2) is 97.1 Å². The Morgan fingerprint density at radius 2 is 1.70 bits per heavy atom. The van der Waals surface area contributed by atoms with E-state index < -0.39 is 0 Å². The zero-order chi connectivity index (χ0) is 17.0. The molecule has 2 aliphatic heterocycles. The zero-order valence-corrected chi connectivity index (χ0v) is 16.5. The van der Waals surface area contributed by atoms with Crippen LogP contribution in [0.2, 0.25) is 0 Å². The maximum atomic E-state index is 2.76. The van der Waals surface area contributed by atoms with E-state index in [1.54, 1.807) is 0 Å². The molecule has 2 fully saturated rings. The van der Waals surface area contributed by atoms with E-state index in [1.165, 1.54) is 65.3 Å². The summed E-state index contributed by atoms with van der Waals surface area (Å²) in [6.07, 6.45) is 1.37. The van der Waals surface area contributed by atoms with Gasteiger partial charge >= 0.3 is 0 Å². The van der Waals surface area contributed by atoms with Crippen LogP contribution in [0, 0.1) is 5.92 Å². The molecule has 0 aromatic heterocycles. The van der Waals surface area contributed by atoms with E-state index in [0.29, 0.717) is 11.6 Å². The average molecular weight is 325 g/mol. The molecule has 1 atom stereocenters. The van der Waals surface area contributed by atoms with Crippen molar-refractivity contribution in [2.24, 2.45) is 5.92 Å². The van der Waals surface area contributed by atoms with Gasteiger partial charge in [-0.25, -0.2) is 0 Å². The number of hydrogen-bond donors (Lipinski definition) is 0. The third kappa shape index (κ3) is 4.91. The fourth-order valence-electron chi connectivity index (χ4n) is 4.07. The van der Waals surface area contributed by atoms with Crippen molar-refractivity contribution in [1.82, 2.24) is 19.6 Å². The predicted octanol–water partition coefficient (Wildman–Crippen LogP) is 2.06. The number of hydrogen-bond acceptors (Lipinski definition) is 4. The van der Waals surface area contributed by atoms with Gasteiger partial charge < -0.3 is 14.7 Å². The van der Waals surface area contributed by atoms with E-state index >= 15 is 0 Å². The summed E-state index contributed by atoms with van der Waals surface area (Å²) in [6.45, 7) is 23.0. The average Bonchev–Trinajstić information content (AvgIpc) is 3.02. The second-order valence-electron chi connectivity index (χ2n) is 8.44. The maximum Gasteiger partial charge on any atom is 0.0195 e. The molecule has 0 saturated carbocycles. The highest BCUT2D eigenvalue weighted by atomic mass is 15.3. The molecule has 0 N–H and O–H groups in total. The van der Waals surface area contributed by atoms with Gasteiger partial charge in [0.25, 0.3) is 0 Å². The first kappa shape index (κ1) is 19.2. The van der Waals surface area contributed by atoms with Crippen molar-refractivity contribution in [3.05, 3.63) is 0 Å². The Bertz CT molecular complexity index is 347. The molecule has 2 rings (SSSR count). The number of nitrogens with zero attached hydrogens (tertiary/aromatic N) is 4. The van der Waals surface area contributed by atoms with Crippen LogP contribution in [-0.2, 0) is 0 Å². The van der Waals surface area contributed by atoms with Crippen LogP contribution in [0.15, 0.2) is 0 Å². The highest BCUT2D eigenvalue weighted by Crippen LogP contribution is 2.32. The molecule has 0 spiro atoms. The molecule has 4 heteroatoms. The minimum absolute atomic E-state index is 0.346. The molecule has 1 unspecified atom stereocenters. The van der Waals surface area contributed by atoms with Crippen LogP contribution in [0.4, 0.5) is 0 Å². The second kappa shape index (κ2) is 8.28. The van der Waals surface area contributed by atoms with Crippen LogP contribution in [0.1, 0.15) is 41.0 Å². The number of rotatable bonds is 7. The summed E-state index contributed by atoms with van der Waals surface area (Å²) >= 11 is 0. The van der Waals surface area contributed by atoms with Gasteiger partial charge in [0.05, 0.1) is 0 Å². The molecule has 0 amide bonds. The highest BCUT2D eigenvalue weighted by Gasteiger charge is 2.40. The molecule has 4 nitrogen and oxygen atoms in total. The highest BCUT2D eigenvalue weighted by molar-refractivity contribution is 4.95. The summed E-state index contributed by atoms with van der Waals surface area (Å²) in [7, 11) is 2.25. The van der Waals surface area contributed by atoms with Gasteiger partial charge in [-0.15, -0.1) is 0 Å². The Morgan fingerprint density at radius 3 is 2.26 bits per heavy atom. The van der Waals surface area contributed by atoms with Crippen LogP contribution in [0.5, 0.6) is 0 Å². The van der Waals surface area contributed by atoms with Gasteiger partial charge in [0.15, 0.2) is 0 Å². The van der Waals surface area contributed by atoms with Crippen LogP contribution < -0.4 is 0 Å². The first-order valence-corrected chi connectivity index (χ1v) is 9.74. The minimum Gasteiger partial charge on any atom is -0.303 e. The summed E-state index contributed by atoms with van der Waals surface area (Å²) in [5.41, 5.74) is 0.346. The van der Waals surface area contributed by atoms with Gasteiger partial charge in [-0.1, -0.05) is 6.92 Å². The topological polar surface area (TPSA) is 13.0 Å². The van der Waals surface area contributed by atoms with E-state index in [1.807, 2.05) is 0 Å². The molecule has 0 radical (unpaired) electrons. The second-order valence-corrected chi connectivity index (χ2v) is 8.44. The minimum atomic E-state index is 0.346. The monoisotopic (exact) mass is 324 g/mol. The molecule has 0 aliphatic carbocycles. The molecule has 2 heterocycles. The van der Waals surface area contributed by atoms with Gasteiger partial charge in [-0.2, -0.15) is 0 Å². The lowest BCUT2D eigenvalue weighted by molar-refractivity contribution is 0.0196. The fraction of sp³-hybridized carbons (Fsp3) is 1.00. The summed E-state index contributed by atoms with van der Waals surface area (Å²) in [5.74, 6) is 0.819. The Kier molecular flexibility index (Phi) is 6.90. The molecular weight excluding hydrogens is 284 g/mol. The van der Waals surface area contributed by atoms with Crippen molar-refractivity contribution < 1.29 is 0 Å². The van der Waals surface area contributed by atoms with Crippen molar-refractivity contribution in [3.8, 4) is 0 Å². The SMILES string of the molecule is CCN1CCN(C(C)(C)C2CCN(CCN(C)C(C)C)C2)CC1. The number of likely N-dealkylation sites (N-methyl/N-ethyl adjacent to an activating group) is 2. The van der Waals surface area contributed by atoms with Gasteiger partial charge in [0.1, 0.15) is 0 Å². The van der Waals surface area contributed by atoms with E-state index in [4.69, 9.17) is 0 Å². The molecule has 2 saturated heterocycles. The Balaban J connectivity index is 1.80. The van der Waals surface area contributed by atoms with E-state index in [-0.39, 0.29) is 0 Å². The Hall–Kier alpha value is -0.160. The number of likely N-dealkylation sites (tertiary alicyclic amines) is 1. The first-order valence-electron chi connectivity index (χ1n) is 9.74. The molecule has 0 aromatic carbocycles. The first-order chi connectivity index (χ1) is 10.8.